The van der Waals surface area contributed by atoms with Crippen LogP contribution in [0.5, 0.6) is 0 Å². The molecule has 0 aliphatic heterocycles. The summed E-state index contributed by atoms with van der Waals surface area (Å²) in [5.74, 6) is 2.06. The SMILES string of the molecule is CCCCCCCCCCCCCCCCCC[S+](CCC)c1cc(Cl)ccc1C(=O)OCC. The molecule has 1 aromatic rings. The van der Waals surface area contributed by atoms with Gasteiger partial charge in [0.1, 0.15) is 17.1 Å². The van der Waals surface area contributed by atoms with Gasteiger partial charge in [-0.25, -0.2) is 4.79 Å². The quantitative estimate of drug-likeness (QED) is 0.0878. The Morgan fingerprint density at radius 1 is 0.706 bits per heavy atom. The van der Waals surface area contributed by atoms with E-state index in [1.807, 2.05) is 19.1 Å². The molecule has 1 rings (SSSR count). The Kier molecular flexibility index (Phi) is 19.9. The molecule has 0 saturated carbocycles. The maximum absolute atomic E-state index is 12.4. The third-order valence-electron chi connectivity index (χ3n) is 6.44. The number of hydrogen-bond acceptors (Lipinski definition) is 2. The standard InChI is InChI=1S/C30H52ClO2S/c1-4-7-8-9-10-11-12-13-14-15-16-17-18-19-20-21-25-34(24-5-2)29-26-27(31)22-23-28(29)30(32)33-6-3/h22-23,26H,4-21,24-25H2,1-3H3/q+1. The summed E-state index contributed by atoms with van der Waals surface area (Å²) in [5, 5.41) is 0.712. The molecule has 2 nitrogen and oxygen atoms in total. The lowest BCUT2D eigenvalue weighted by Crippen LogP contribution is -2.18. The average molecular weight is 512 g/mol. The molecule has 1 aromatic carbocycles. The molecule has 1 unspecified atom stereocenters. The lowest BCUT2D eigenvalue weighted by molar-refractivity contribution is 0.0522. The van der Waals surface area contributed by atoms with Crippen LogP contribution in [-0.2, 0) is 15.6 Å². The van der Waals surface area contributed by atoms with Gasteiger partial charge in [-0.15, -0.1) is 0 Å². The van der Waals surface area contributed by atoms with Crippen molar-refractivity contribution in [2.24, 2.45) is 0 Å². The van der Waals surface area contributed by atoms with Crippen LogP contribution in [0.3, 0.4) is 0 Å². The van der Waals surface area contributed by atoms with Gasteiger partial charge in [0.05, 0.1) is 6.61 Å². The topological polar surface area (TPSA) is 26.3 Å². The van der Waals surface area contributed by atoms with Gasteiger partial charge >= 0.3 is 5.97 Å². The van der Waals surface area contributed by atoms with Crippen molar-refractivity contribution in [3.63, 3.8) is 0 Å². The lowest BCUT2D eigenvalue weighted by Gasteiger charge is -2.12. The predicted molar refractivity (Wildman–Crippen MR) is 153 cm³/mol. The highest BCUT2D eigenvalue weighted by atomic mass is 35.5. The highest BCUT2D eigenvalue weighted by molar-refractivity contribution is 7.97. The Labute approximate surface area is 219 Å². The zero-order valence-electron chi connectivity index (χ0n) is 22.5. The normalized spacial score (nSPS) is 12.1. The summed E-state index contributed by atoms with van der Waals surface area (Å²) in [6, 6.07) is 5.65. The van der Waals surface area contributed by atoms with Crippen LogP contribution in [0.1, 0.15) is 140 Å². The first kappa shape index (κ1) is 31.4. The Bertz CT molecular complexity index is 634. The maximum atomic E-state index is 12.4. The van der Waals surface area contributed by atoms with Crippen LogP contribution in [0.25, 0.3) is 0 Å². The summed E-state index contributed by atoms with van der Waals surface area (Å²) in [4.78, 5) is 13.6. The van der Waals surface area contributed by atoms with Crippen molar-refractivity contribution >= 4 is 28.5 Å². The van der Waals surface area contributed by atoms with Crippen molar-refractivity contribution in [2.45, 2.75) is 135 Å². The minimum Gasteiger partial charge on any atom is -0.462 e. The van der Waals surface area contributed by atoms with Gasteiger partial charge in [-0.05, 0) is 38.3 Å². The summed E-state index contributed by atoms with van der Waals surface area (Å²) >= 11 is 6.30. The van der Waals surface area contributed by atoms with E-state index >= 15 is 0 Å². The number of esters is 1. The van der Waals surface area contributed by atoms with Gasteiger partial charge in [0.2, 0.25) is 0 Å². The molecule has 34 heavy (non-hydrogen) atoms. The van der Waals surface area contributed by atoms with Gasteiger partial charge in [-0.1, -0.05) is 115 Å². The zero-order chi connectivity index (χ0) is 24.9. The molecule has 0 bridgehead atoms. The second-order valence-corrected chi connectivity index (χ2v) is 12.2. The number of carbonyl (C=O) groups excluding carboxylic acids is 1. The molecule has 0 aromatic heterocycles. The van der Waals surface area contributed by atoms with Crippen molar-refractivity contribution in [1.82, 2.24) is 0 Å². The fourth-order valence-electron chi connectivity index (χ4n) is 4.51. The number of ether oxygens (including phenoxy) is 1. The molecule has 0 radical (unpaired) electrons. The molecule has 0 N–H and O–H groups in total. The van der Waals surface area contributed by atoms with Gasteiger partial charge in [-0.3, -0.25) is 0 Å². The van der Waals surface area contributed by atoms with Crippen molar-refractivity contribution in [2.75, 3.05) is 18.1 Å². The van der Waals surface area contributed by atoms with Crippen molar-refractivity contribution in [3.8, 4) is 0 Å². The summed E-state index contributed by atoms with van der Waals surface area (Å²) < 4.78 is 5.29. The fourth-order valence-corrected chi connectivity index (χ4v) is 7.19. The average Bonchev–Trinajstić information content (AvgIpc) is 2.83. The molecule has 4 heteroatoms. The monoisotopic (exact) mass is 511 g/mol. The van der Waals surface area contributed by atoms with Crippen LogP contribution in [-0.4, -0.2) is 24.1 Å². The summed E-state index contributed by atoms with van der Waals surface area (Å²) in [5.41, 5.74) is 0.708. The smallest absolute Gasteiger partial charge is 0.343 e. The van der Waals surface area contributed by atoms with Gasteiger partial charge in [0, 0.05) is 22.0 Å². The van der Waals surface area contributed by atoms with E-state index in [1.165, 1.54) is 103 Å². The van der Waals surface area contributed by atoms with Crippen LogP contribution in [0.15, 0.2) is 23.1 Å². The summed E-state index contributed by atoms with van der Waals surface area (Å²) in [6.07, 6.45) is 23.4. The van der Waals surface area contributed by atoms with Crippen LogP contribution < -0.4 is 0 Å². The van der Waals surface area contributed by atoms with Gasteiger partial charge in [0.25, 0.3) is 0 Å². The molecule has 0 aliphatic carbocycles. The van der Waals surface area contributed by atoms with Gasteiger partial charge in [0.15, 0.2) is 4.90 Å². The van der Waals surface area contributed by atoms with E-state index in [4.69, 9.17) is 16.3 Å². The molecule has 0 spiro atoms. The third-order valence-corrected chi connectivity index (χ3v) is 9.32. The number of rotatable bonds is 22. The number of unbranched alkanes of at least 4 members (excludes halogenated alkanes) is 15. The Balaban J connectivity index is 2.18. The minimum atomic E-state index is -0.213. The number of carbonyl (C=O) groups is 1. The second-order valence-electron chi connectivity index (χ2n) is 9.57. The van der Waals surface area contributed by atoms with E-state index < -0.39 is 0 Å². The highest BCUT2D eigenvalue weighted by Crippen LogP contribution is 2.26. The van der Waals surface area contributed by atoms with Crippen molar-refractivity contribution in [3.05, 3.63) is 28.8 Å². The molecule has 196 valence electrons. The number of halogens is 1. The molecule has 0 heterocycles. The number of hydrogen-bond donors (Lipinski definition) is 0. The Hall–Kier alpha value is -0.670. The molecule has 0 fully saturated rings. The molecular formula is C30H52ClO2S+. The van der Waals surface area contributed by atoms with Crippen molar-refractivity contribution in [1.29, 1.82) is 0 Å². The van der Waals surface area contributed by atoms with E-state index in [-0.39, 0.29) is 16.9 Å². The van der Waals surface area contributed by atoms with Crippen LogP contribution in [0.2, 0.25) is 5.02 Å². The van der Waals surface area contributed by atoms with Gasteiger partial charge < -0.3 is 4.74 Å². The van der Waals surface area contributed by atoms with E-state index in [0.29, 0.717) is 17.2 Å². The molecule has 0 saturated heterocycles. The van der Waals surface area contributed by atoms with Crippen LogP contribution in [0, 0.1) is 0 Å². The van der Waals surface area contributed by atoms with Crippen LogP contribution in [0.4, 0.5) is 0 Å². The Morgan fingerprint density at radius 3 is 1.68 bits per heavy atom. The molecule has 1 atom stereocenters. The van der Waals surface area contributed by atoms with Crippen molar-refractivity contribution < 1.29 is 9.53 Å². The first-order chi connectivity index (χ1) is 16.6. The van der Waals surface area contributed by atoms with Crippen LogP contribution >= 0.6 is 11.6 Å². The summed E-state index contributed by atoms with van der Waals surface area (Å²) in [7, 11) is 0.0635. The third kappa shape index (κ3) is 14.7. The molecule has 0 amide bonds. The van der Waals surface area contributed by atoms with Gasteiger partial charge in [-0.2, -0.15) is 0 Å². The predicted octanol–water partition coefficient (Wildman–Crippen LogP) is 10.2. The van der Waals surface area contributed by atoms with E-state index in [9.17, 15) is 4.79 Å². The molecular weight excluding hydrogens is 460 g/mol. The maximum Gasteiger partial charge on any atom is 0.343 e. The highest BCUT2D eigenvalue weighted by Gasteiger charge is 2.28. The minimum absolute atomic E-state index is 0.0635. The summed E-state index contributed by atoms with van der Waals surface area (Å²) in [6.45, 7) is 6.77. The van der Waals surface area contributed by atoms with E-state index in [2.05, 4.69) is 13.8 Å². The first-order valence-corrected chi connectivity index (χ1v) is 16.2. The molecule has 0 aliphatic rings. The van der Waals surface area contributed by atoms with E-state index in [1.54, 1.807) is 6.07 Å². The fraction of sp³-hybridized carbons (Fsp3) is 0.767. The lowest BCUT2D eigenvalue weighted by atomic mass is 10.0. The zero-order valence-corrected chi connectivity index (χ0v) is 24.0. The first-order valence-electron chi connectivity index (χ1n) is 14.3. The van der Waals surface area contributed by atoms with E-state index in [0.717, 1.165) is 22.8 Å². The number of benzene rings is 1. The second kappa shape index (κ2) is 21.6. The largest absolute Gasteiger partial charge is 0.462 e. The Morgan fingerprint density at radius 2 is 1.21 bits per heavy atom.